The van der Waals surface area contributed by atoms with E-state index in [2.05, 4.69) is 5.32 Å². The predicted octanol–water partition coefficient (Wildman–Crippen LogP) is 1.89. The zero-order valence-electron chi connectivity index (χ0n) is 15.4. The smallest absolute Gasteiger partial charge is 0.338 e. The van der Waals surface area contributed by atoms with E-state index in [0.717, 1.165) is 38.8 Å². The van der Waals surface area contributed by atoms with Crippen molar-refractivity contribution in [2.45, 2.75) is 25.7 Å². The summed E-state index contributed by atoms with van der Waals surface area (Å²) in [6.45, 7) is 1.72. The highest BCUT2D eigenvalue weighted by molar-refractivity contribution is 5.93. The van der Waals surface area contributed by atoms with Crippen molar-refractivity contribution in [3.8, 4) is 0 Å². The van der Waals surface area contributed by atoms with Crippen molar-refractivity contribution >= 4 is 23.3 Å². The van der Waals surface area contributed by atoms with E-state index in [9.17, 15) is 19.7 Å². The van der Waals surface area contributed by atoms with Gasteiger partial charge in [0.05, 0.1) is 17.1 Å². The molecule has 148 valence electrons. The first-order valence-electron chi connectivity index (χ1n) is 8.99. The van der Waals surface area contributed by atoms with Gasteiger partial charge in [-0.2, -0.15) is 0 Å². The van der Waals surface area contributed by atoms with Crippen LogP contribution < -0.4 is 10.2 Å². The standard InChI is InChI=1S/C18H25N3O6/c1-26-11-8-19-17(22)13-27-18(23)14-6-7-15(16(12-14)21(24)25)20-9-4-2-3-5-10-20/h6-7,12H,2-5,8-11,13H2,1H3,(H,19,22). The first kappa shape index (κ1) is 20.6. The number of nitrogens with zero attached hydrogens (tertiary/aromatic N) is 2. The Morgan fingerprint density at radius 1 is 1.22 bits per heavy atom. The molecule has 0 atom stereocenters. The third kappa shape index (κ3) is 6.21. The number of nitrogens with one attached hydrogen (secondary N) is 1. The zero-order chi connectivity index (χ0) is 19.6. The van der Waals surface area contributed by atoms with Gasteiger partial charge < -0.3 is 19.7 Å². The van der Waals surface area contributed by atoms with Gasteiger partial charge in [0.25, 0.3) is 11.6 Å². The third-order valence-corrected chi connectivity index (χ3v) is 4.32. The Morgan fingerprint density at radius 2 is 1.93 bits per heavy atom. The summed E-state index contributed by atoms with van der Waals surface area (Å²) >= 11 is 0. The van der Waals surface area contributed by atoms with Crippen molar-refractivity contribution in [1.29, 1.82) is 0 Å². The number of hydrogen-bond donors (Lipinski definition) is 1. The minimum absolute atomic E-state index is 0.0463. The fourth-order valence-corrected chi connectivity index (χ4v) is 2.93. The van der Waals surface area contributed by atoms with Gasteiger partial charge in [0.1, 0.15) is 5.69 Å². The molecule has 2 rings (SSSR count). The van der Waals surface area contributed by atoms with E-state index in [-0.39, 0.29) is 11.3 Å². The molecule has 0 aliphatic carbocycles. The number of hydrogen-bond acceptors (Lipinski definition) is 7. The van der Waals surface area contributed by atoms with E-state index in [0.29, 0.717) is 18.8 Å². The third-order valence-electron chi connectivity index (χ3n) is 4.32. The summed E-state index contributed by atoms with van der Waals surface area (Å²) < 4.78 is 9.73. The summed E-state index contributed by atoms with van der Waals surface area (Å²) in [5, 5.41) is 14.0. The van der Waals surface area contributed by atoms with Crippen molar-refractivity contribution in [2.75, 3.05) is 44.9 Å². The molecule has 0 radical (unpaired) electrons. The highest BCUT2D eigenvalue weighted by Crippen LogP contribution is 2.31. The number of nitro groups is 1. The number of carbonyl (C=O) groups is 2. The first-order valence-corrected chi connectivity index (χ1v) is 8.99. The van der Waals surface area contributed by atoms with Crippen LogP contribution in [0.25, 0.3) is 0 Å². The van der Waals surface area contributed by atoms with Gasteiger partial charge in [-0.05, 0) is 25.0 Å². The largest absolute Gasteiger partial charge is 0.452 e. The Kier molecular flexibility index (Phi) is 8.00. The van der Waals surface area contributed by atoms with Gasteiger partial charge in [0.15, 0.2) is 6.61 Å². The van der Waals surface area contributed by atoms with Crippen LogP contribution in [0.15, 0.2) is 18.2 Å². The molecule has 1 amide bonds. The molecular weight excluding hydrogens is 354 g/mol. The maximum absolute atomic E-state index is 12.1. The predicted molar refractivity (Wildman–Crippen MR) is 98.9 cm³/mol. The van der Waals surface area contributed by atoms with E-state index < -0.39 is 23.4 Å². The van der Waals surface area contributed by atoms with Crippen molar-refractivity contribution in [3.63, 3.8) is 0 Å². The van der Waals surface area contributed by atoms with Crippen LogP contribution in [0.5, 0.6) is 0 Å². The van der Waals surface area contributed by atoms with Gasteiger partial charge in [-0.15, -0.1) is 0 Å². The van der Waals surface area contributed by atoms with Crippen molar-refractivity contribution in [2.24, 2.45) is 0 Å². The van der Waals surface area contributed by atoms with Gasteiger partial charge in [-0.1, -0.05) is 12.8 Å². The number of carbonyl (C=O) groups excluding carboxylic acids is 2. The highest BCUT2D eigenvalue weighted by Gasteiger charge is 2.23. The molecule has 1 aromatic rings. The number of rotatable bonds is 8. The maximum atomic E-state index is 12.1. The van der Waals surface area contributed by atoms with Crippen LogP contribution >= 0.6 is 0 Å². The average molecular weight is 379 g/mol. The Balaban J connectivity index is 2.04. The molecule has 27 heavy (non-hydrogen) atoms. The minimum Gasteiger partial charge on any atom is -0.452 e. The lowest BCUT2D eigenvalue weighted by atomic mass is 10.1. The summed E-state index contributed by atoms with van der Waals surface area (Å²) in [6.07, 6.45) is 4.20. The van der Waals surface area contributed by atoms with E-state index in [1.54, 1.807) is 6.07 Å². The van der Waals surface area contributed by atoms with Crippen LogP contribution in [0.2, 0.25) is 0 Å². The van der Waals surface area contributed by atoms with Gasteiger partial charge in [0.2, 0.25) is 0 Å². The molecule has 9 nitrogen and oxygen atoms in total. The monoisotopic (exact) mass is 379 g/mol. The van der Waals surface area contributed by atoms with Gasteiger partial charge >= 0.3 is 5.97 Å². The molecule has 1 aliphatic rings. The van der Waals surface area contributed by atoms with Crippen LogP contribution in [0.4, 0.5) is 11.4 Å². The van der Waals surface area contributed by atoms with Crippen LogP contribution in [-0.2, 0) is 14.3 Å². The summed E-state index contributed by atoms with van der Waals surface area (Å²) in [5.74, 6) is -1.24. The molecule has 1 N–H and O–H groups in total. The minimum atomic E-state index is -0.776. The molecule has 0 aromatic heterocycles. The molecule has 1 fully saturated rings. The molecule has 1 heterocycles. The zero-order valence-corrected chi connectivity index (χ0v) is 15.4. The van der Waals surface area contributed by atoms with E-state index in [1.165, 1.54) is 19.2 Å². The van der Waals surface area contributed by atoms with Crippen LogP contribution in [0, 0.1) is 10.1 Å². The lowest BCUT2D eigenvalue weighted by Gasteiger charge is -2.22. The second-order valence-corrected chi connectivity index (χ2v) is 6.28. The summed E-state index contributed by atoms with van der Waals surface area (Å²) in [6, 6.07) is 4.29. The van der Waals surface area contributed by atoms with Crippen LogP contribution in [-0.4, -0.2) is 56.8 Å². The van der Waals surface area contributed by atoms with E-state index >= 15 is 0 Å². The Hall–Kier alpha value is -2.68. The first-order chi connectivity index (χ1) is 13.0. The van der Waals surface area contributed by atoms with Gasteiger partial charge in [0, 0.05) is 32.8 Å². The number of anilines is 1. The molecule has 1 aromatic carbocycles. The number of ether oxygens (including phenoxy) is 2. The van der Waals surface area contributed by atoms with Crippen LogP contribution in [0.1, 0.15) is 36.0 Å². The molecule has 1 saturated heterocycles. The SMILES string of the molecule is COCCNC(=O)COC(=O)c1ccc(N2CCCCCC2)c([N+](=O)[O-])c1. The fraction of sp³-hybridized carbons (Fsp3) is 0.556. The lowest BCUT2D eigenvalue weighted by Crippen LogP contribution is -2.31. The summed E-state index contributed by atoms with van der Waals surface area (Å²) in [4.78, 5) is 36.7. The number of esters is 1. The Morgan fingerprint density at radius 3 is 2.56 bits per heavy atom. The highest BCUT2D eigenvalue weighted by atomic mass is 16.6. The molecule has 0 spiro atoms. The number of methoxy groups -OCH3 is 1. The fourth-order valence-electron chi connectivity index (χ4n) is 2.93. The second kappa shape index (κ2) is 10.5. The summed E-state index contributed by atoms with van der Waals surface area (Å²) in [7, 11) is 1.51. The molecule has 9 heteroatoms. The topological polar surface area (TPSA) is 111 Å². The van der Waals surface area contributed by atoms with Gasteiger partial charge in [-0.25, -0.2) is 4.79 Å². The number of amides is 1. The Labute approximate surface area is 157 Å². The molecule has 0 bridgehead atoms. The van der Waals surface area contributed by atoms with Crippen molar-refractivity contribution in [3.05, 3.63) is 33.9 Å². The molecule has 0 unspecified atom stereocenters. The second-order valence-electron chi connectivity index (χ2n) is 6.28. The molecule has 0 saturated carbocycles. The quantitative estimate of drug-likeness (QED) is 0.318. The molecule has 1 aliphatic heterocycles. The van der Waals surface area contributed by atoms with Crippen LogP contribution in [0.3, 0.4) is 0 Å². The Bertz CT molecular complexity index is 671. The van der Waals surface area contributed by atoms with Crippen molar-refractivity contribution in [1.82, 2.24) is 5.32 Å². The average Bonchev–Trinajstić information content (AvgIpc) is 2.95. The van der Waals surface area contributed by atoms with Crippen molar-refractivity contribution < 1.29 is 24.0 Å². The lowest BCUT2D eigenvalue weighted by molar-refractivity contribution is -0.384. The summed E-state index contributed by atoms with van der Waals surface area (Å²) in [5.41, 5.74) is 0.427. The van der Waals surface area contributed by atoms with Gasteiger partial charge in [-0.3, -0.25) is 14.9 Å². The normalized spacial score (nSPS) is 14.3. The number of nitro benzene ring substituents is 1. The number of benzene rings is 1. The maximum Gasteiger partial charge on any atom is 0.338 e. The molecular formula is C18H25N3O6. The van der Waals surface area contributed by atoms with E-state index in [1.807, 2.05) is 4.90 Å². The van der Waals surface area contributed by atoms with E-state index in [4.69, 9.17) is 9.47 Å².